The molecule has 1 aliphatic rings. The molecular weight excluding hydrogens is 307 g/mol. The first-order valence-corrected chi connectivity index (χ1v) is 6.21. The normalized spacial score (nSPS) is 21.9. The van der Waals surface area contributed by atoms with Crippen LogP contribution in [0.5, 0.6) is 0 Å². The molecule has 5 heteroatoms. The molecule has 2 N–H and O–H groups in total. The van der Waals surface area contributed by atoms with Gasteiger partial charge in [0.25, 0.3) is 0 Å². The van der Waals surface area contributed by atoms with Crippen molar-refractivity contribution < 1.29 is 13.2 Å². The van der Waals surface area contributed by atoms with Gasteiger partial charge in [-0.1, -0.05) is 46.3 Å². The molecule has 1 aliphatic carbocycles. The van der Waals surface area contributed by atoms with E-state index < -0.39 is 11.7 Å². The third kappa shape index (κ3) is 4.22. The van der Waals surface area contributed by atoms with Crippen molar-refractivity contribution in [3.63, 3.8) is 0 Å². The summed E-state index contributed by atoms with van der Waals surface area (Å²) < 4.78 is 37.3. The Hall–Kier alpha value is -1.23. The fourth-order valence-electron chi connectivity index (χ4n) is 1.62. The quantitative estimate of drug-likeness (QED) is 0.768. The summed E-state index contributed by atoms with van der Waals surface area (Å²) in [6, 6.07) is 0. The van der Waals surface area contributed by atoms with Gasteiger partial charge in [0, 0.05) is 5.92 Å². The lowest BCUT2D eigenvalue weighted by molar-refractivity contribution is -0.0886. The van der Waals surface area contributed by atoms with Gasteiger partial charge in [-0.15, -0.1) is 0 Å². The second-order valence-electron chi connectivity index (χ2n) is 3.70. The molecule has 0 fully saturated rings. The van der Waals surface area contributed by atoms with Gasteiger partial charge in [0.05, 0.1) is 5.57 Å². The summed E-state index contributed by atoms with van der Waals surface area (Å²) in [6.07, 6.45) is 6.56. The Kier molecular flexibility index (Phi) is 5.47. The third-order valence-corrected chi connectivity index (χ3v) is 2.77. The zero-order valence-electron chi connectivity index (χ0n) is 9.49. The zero-order valence-corrected chi connectivity index (χ0v) is 11.1. The first-order chi connectivity index (χ1) is 8.49. The molecule has 0 aliphatic heterocycles. The second kappa shape index (κ2) is 6.64. The predicted octanol–water partition coefficient (Wildman–Crippen LogP) is 4.36. The average Bonchev–Trinajstić information content (AvgIpc) is 2.33. The van der Waals surface area contributed by atoms with Crippen molar-refractivity contribution in [2.24, 2.45) is 11.7 Å². The van der Waals surface area contributed by atoms with Gasteiger partial charge in [0.1, 0.15) is 0 Å². The Morgan fingerprint density at radius 3 is 2.61 bits per heavy atom. The van der Waals surface area contributed by atoms with Gasteiger partial charge < -0.3 is 5.73 Å². The van der Waals surface area contributed by atoms with Crippen molar-refractivity contribution in [2.75, 3.05) is 0 Å². The van der Waals surface area contributed by atoms with Crippen molar-refractivity contribution in [3.05, 3.63) is 58.8 Å². The molecule has 0 aromatic rings. The molecule has 1 unspecified atom stereocenters. The third-order valence-electron chi connectivity index (χ3n) is 2.51. The van der Waals surface area contributed by atoms with Crippen LogP contribution in [0.1, 0.15) is 6.42 Å². The van der Waals surface area contributed by atoms with E-state index in [9.17, 15) is 13.2 Å². The smallest absolute Gasteiger partial charge is 0.405 e. The number of allylic oxidation sites excluding steroid dienone is 8. The van der Waals surface area contributed by atoms with Gasteiger partial charge in [-0.25, -0.2) is 0 Å². The highest BCUT2D eigenvalue weighted by atomic mass is 79.9. The predicted molar refractivity (Wildman–Crippen MR) is 70.9 cm³/mol. The van der Waals surface area contributed by atoms with E-state index in [1.165, 1.54) is 12.3 Å². The summed E-state index contributed by atoms with van der Waals surface area (Å²) in [6.45, 7) is 0. The van der Waals surface area contributed by atoms with Gasteiger partial charge >= 0.3 is 6.18 Å². The molecule has 0 aromatic carbocycles. The lowest BCUT2D eigenvalue weighted by Gasteiger charge is -2.18. The molecule has 0 amide bonds. The average molecular weight is 320 g/mol. The first-order valence-electron chi connectivity index (χ1n) is 5.30. The summed E-state index contributed by atoms with van der Waals surface area (Å²) in [5, 5.41) is 0. The Balaban J connectivity index is 2.84. The van der Waals surface area contributed by atoms with E-state index in [0.717, 1.165) is 11.6 Å². The van der Waals surface area contributed by atoms with Crippen molar-refractivity contribution in [2.45, 2.75) is 12.6 Å². The molecule has 1 atom stereocenters. The molecule has 98 valence electrons. The zero-order chi connectivity index (χ0) is 13.6. The van der Waals surface area contributed by atoms with Crippen LogP contribution in [0.25, 0.3) is 0 Å². The van der Waals surface area contributed by atoms with E-state index in [0.29, 0.717) is 6.42 Å². The monoisotopic (exact) mass is 319 g/mol. The van der Waals surface area contributed by atoms with Crippen LogP contribution in [-0.4, -0.2) is 6.18 Å². The van der Waals surface area contributed by atoms with Gasteiger partial charge in [0.2, 0.25) is 0 Å². The Morgan fingerprint density at radius 1 is 1.44 bits per heavy atom. The Morgan fingerprint density at radius 2 is 2.17 bits per heavy atom. The van der Waals surface area contributed by atoms with Gasteiger partial charge in [0.15, 0.2) is 0 Å². The topological polar surface area (TPSA) is 26.0 Å². The Labute approximate surface area is 112 Å². The Bertz CT molecular complexity index is 428. The van der Waals surface area contributed by atoms with E-state index in [4.69, 9.17) is 5.73 Å². The summed E-state index contributed by atoms with van der Waals surface area (Å²) in [5.41, 5.74) is 5.55. The number of alkyl halides is 3. The minimum Gasteiger partial charge on any atom is -0.405 e. The van der Waals surface area contributed by atoms with Crippen molar-refractivity contribution in [1.29, 1.82) is 0 Å². The highest BCUT2D eigenvalue weighted by Gasteiger charge is 2.33. The molecular formula is C13H13BrF3N. The van der Waals surface area contributed by atoms with Crippen LogP contribution in [0.4, 0.5) is 13.2 Å². The molecule has 0 heterocycles. The molecule has 0 spiro atoms. The maximum absolute atomic E-state index is 12.4. The van der Waals surface area contributed by atoms with E-state index in [1.54, 1.807) is 29.3 Å². The van der Waals surface area contributed by atoms with Crippen molar-refractivity contribution in [1.82, 2.24) is 0 Å². The fraction of sp³-hybridized carbons (Fsp3) is 0.231. The molecule has 0 aromatic heterocycles. The molecule has 0 saturated heterocycles. The standard InChI is InChI=1S/C13H13BrF3N/c14-8-7-10(2-1-9-18)11-3-5-12(6-4-11)13(15,16)17/h1-3,5-9,11H,4,18H2/b8-7+,9-1+,10-2+. The number of hydrogen-bond donors (Lipinski definition) is 1. The van der Waals surface area contributed by atoms with Gasteiger partial charge in [-0.2, -0.15) is 13.2 Å². The molecule has 1 rings (SSSR count). The van der Waals surface area contributed by atoms with E-state index in [2.05, 4.69) is 15.9 Å². The number of nitrogens with two attached hydrogens (primary N) is 1. The van der Waals surface area contributed by atoms with Crippen molar-refractivity contribution in [3.8, 4) is 0 Å². The van der Waals surface area contributed by atoms with E-state index >= 15 is 0 Å². The highest BCUT2D eigenvalue weighted by Crippen LogP contribution is 2.33. The van der Waals surface area contributed by atoms with E-state index in [1.807, 2.05) is 0 Å². The van der Waals surface area contributed by atoms with Crippen LogP contribution >= 0.6 is 15.9 Å². The number of halogens is 4. The highest BCUT2D eigenvalue weighted by molar-refractivity contribution is 9.11. The fourth-order valence-corrected chi connectivity index (χ4v) is 1.93. The molecule has 0 bridgehead atoms. The maximum atomic E-state index is 12.4. The number of rotatable bonds is 3. The van der Waals surface area contributed by atoms with Crippen LogP contribution < -0.4 is 5.73 Å². The largest absolute Gasteiger partial charge is 0.416 e. The molecule has 0 radical (unpaired) electrons. The SMILES string of the molecule is N/C=C/C=C(\C=C\Br)C1C=CC(C(F)(F)F)=CC1. The summed E-state index contributed by atoms with van der Waals surface area (Å²) >= 11 is 3.16. The van der Waals surface area contributed by atoms with Crippen LogP contribution in [0.2, 0.25) is 0 Å². The van der Waals surface area contributed by atoms with Crippen LogP contribution in [0, 0.1) is 5.92 Å². The number of hydrogen-bond acceptors (Lipinski definition) is 1. The summed E-state index contributed by atoms with van der Waals surface area (Å²) in [5.74, 6) is -0.0684. The minimum atomic E-state index is -4.27. The summed E-state index contributed by atoms with van der Waals surface area (Å²) in [4.78, 5) is 1.67. The molecule has 0 saturated carbocycles. The maximum Gasteiger partial charge on any atom is 0.416 e. The first kappa shape index (κ1) is 14.8. The lowest BCUT2D eigenvalue weighted by atomic mass is 9.89. The second-order valence-corrected chi connectivity index (χ2v) is 4.23. The summed E-state index contributed by atoms with van der Waals surface area (Å²) in [7, 11) is 0. The molecule has 1 nitrogen and oxygen atoms in total. The van der Waals surface area contributed by atoms with Crippen LogP contribution in [0.3, 0.4) is 0 Å². The van der Waals surface area contributed by atoms with Gasteiger partial charge in [-0.05, 0) is 29.3 Å². The van der Waals surface area contributed by atoms with Crippen LogP contribution in [-0.2, 0) is 0 Å². The lowest BCUT2D eigenvalue weighted by Crippen LogP contribution is -2.14. The van der Waals surface area contributed by atoms with Crippen molar-refractivity contribution >= 4 is 15.9 Å². The van der Waals surface area contributed by atoms with E-state index in [-0.39, 0.29) is 5.92 Å². The molecule has 18 heavy (non-hydrogen) atoms. The minimum absolute atomic E-state index is 0.0684. The van der Waals surface area contributed by atoms with Gasteiger partial charge in [-0.3, -0.25) is 0 Å². The van der Waals surface area contributed by atoms with Crippen LogP contribution in [0.15, 0.2) is 58.8 Å².